The van der Waals surface area contributed by atoms with Crippen LogP contribution in [0.4, 0.5) is 0 Å². The number of benzene rings is 2. The highest BCUT2D eigenvalue weighted by atomic mass is 16.4. The quantitative estimate of drug-likeness (QED) is 0.424. The van der Waals surface area contributed by atoms with Crippen LogP contribution in [0.25, 0.3) is 12.2 Å². The van der Waals surface area contributed by atoms with E-state index in [-0.39, 0.29) is 11.7 Å². The van der Waals surface area contributed by atoms with Crippen molar-refractivity contribution in [3.05, 3.63) is 95.7 Å². The molecule has 2 aromatic rings. The highest BCUT2D eigenvalue weighted by Gasteiger charge is 2.32. The van der Waals surface area contributed by atoms with Gasteiger partial charge in [0.2, 0.25) is 5.96 Å². The van der Waals surface area contributed by atoms with E-state index in [1.54, 1.807) is 18.2 Å². The topological polar surface area (TPSA) is 94.4 Å². The molecule has 1 saturated heterocycles. The summed E-state index contributed by atoms with van der Waals surface area (Å²) in [7, 11) is 0. The zero-order valence-corrected chi connectivity index (χ0v) is 16.1. The van der Waals surface area contributed by atoms with Crippen LogP contribution < -0.4 is 5.32 Å². The first-order valence-electron chi connectivity index (χ1n) is 9.20. The van der Waals surface area contributed by atoms with Crippen LogP contribution in [0.5, 0.6) is 0 Å². The highest BCUT2D eigenvalue weighted by Crippen LogP contribution is 2.14. The molecule has 3 rings (SSSR count). The molecule has 1 amide bonds. The number of nitrogens with one attached hydrogen (secondary N) is 1. The fourth-order valence-corrected chi connectivity index (χ4v) is 2.67. The molecule has 1 fully saturated rings. The number of hydrogen-bond acceptors (Lipinski definition) is 4. The molecule has 30 heavy (non-hydrogen) atoms. The van der Waals surface area contributed by atoms with Gasteiger partial charge in [0, 0.05) is 6.21 Å². The summed E-state index contributed by atoms with van der Waals surface area (Å²) >= 11 is 0. The van der Waals surface area contributed by atoms with E-state index in [9.17, 15) is 14.7 Å². The van der Waals surface area contributed by atoms with Crippen molar-refractivity contribution in [2.75, 3.05) is 6.54 Å². The van der Waals surface area contributed by atoms with Gasteiger partial charge < -0.3 is 5.11 Å². The molecular formula is C23H20N4O3. The van der Waals surface area contributed by atoms with Gasteiger partial charge in [0.1, 0.15) is 12.2 Å². The van der Waals surface area contributed by atoms with Crippen LogP contribution >= 0.6 is 0 Å². The Bertz CT molecular complexity index is 1040. The average Bonchev–Trinajstić information content (AvgIpc) is 3.03. The van der Waals surface area contributed by atoms with Crippen LogP contribution in [-0.2, 0) is 9.59 Å². The Morgan fingerprint density at radius 2 is 1.57 bits per heavy atom. The molecule has 0 aromatic heterocycles. The fraction of sp³-hybridized carbons (Fsp3) is 0.0435. The van der Waals surface area contributed by atoms with Crippen molar-refractivity contribution in [1.82, 2.24) is 10.2 Å². The number of amides is 1. The maximum atomic E-state index is 12.3. The second-order valence-electron chi connectivity index (χ2n) is 6.21. The molecule has 2 aromatic carbocycles. The minimum Gasteiger partial charge on any atom is -0.480 e. The van der Waals surface area contributed by atoms with Gasteiger partial charge in [0.15, 0.2) is 0 Å². The Balaban J connectivity index is 1.74. The summed E-state index contributed by atoms with van der Waals surface area (Å²) in [6.07, 6.45) is 10.1. The molecular weight excluding hydrogens is 380 g/mol. The molecule has 0 atom stereocenters. The molecule has 1 aliphatic rings. The third-order valence-electron chi connectivity index (χ3n) is 4.03. The molecule has 0 unspecified atom stereocenters. The molecule has 1 aliphatic heterocycles. The van der Waals surface area contributed by atoms with Gasteiger partial charge in [0.25, 0.3) is 5.91 Å². The zero-order valence-electron chi connectivity index (χ0n) is 16.1. The number of hydrogen-bond donors (Lipinski definition) is 2. The van der Waals surface area contributed by atoms with E-state index in [4.69, 9.17) is 0 Å². The van der Waals surface area contributed by atoms with Gasteiger partial charge in [-0.3, -0.25) is 19.8 Å². The molecule has 0 radical (unpaired) electrons. The van der Waals surface area contributed by atoms with Crippen LogP contribution in [0.1, 0.15) is 11.1 Å². The molecule has 7 nitrogen and oxygen atoms in total. The summed E-state index contributed by atoms with van der Waals surface area (Å²) in [6, 6.07) is 19.2. The van der Waals surface area contributed by atoms with Gasteiger partial charge in [0.05, 0.1) is 0 Å². The summed E-state index contributed by atoms with van der Waals surface area (Å²) in [6.45, 7) is -0.419. The number of nitrogens with zero attached hydrogens (tertiary/aromatic N) is 3. The third-order valence-corrected chi connectivity index (χ3v) is 4.03. The average molecular weight is 400 g/mol. The van der Waals surface area contributed by atoms with Gasteiger partial charge in [-0.05, 0) is 23.3 Å². The van der Waals surface area contributed by atoms with Gasteiger partial charge in [-0.25, -0.2) is 0 Å². The number of carboxylic acid groups (broad SMARTS) is 1. The van der Waals surface area contributed by atoms with E-state index in [1.165, 1.54) is 11.1 Å². The van der Waals surface area contributed by atoms with Crippen LogP contribution in [-0.4, -0.2) is 40.6 Å². The molecule has 7 heteroatoms. The fourth-order valence-electron chi connectivity index (χ4n) is 2.67. The molecule has 0 saturated carbocycles. The van der Waals surface area contributed by atoms with E-state index >= 15 is 0 Å². The number of allylic oxidation sites excluding steroid dienone is 3. The van der Waals surface area contributed by atoms with Crippen LogP contribution in [0.15, 0.2) is 94.8 Å². The van der Waals surface area contributed by atoms with Crippen LogP contribution in [0.3, 0.4) is 0 Å². The van der Waals surface area contributed by atoms with Gasteiger partial charge in [-0.2, -0.15) is 5.10 Å². The van der Waals surface area contributed by atoms with Gasteiger partial charge >= 0.3 is 5.97 Å². The highest BCUT2D eigenvalue weighted by molar-refractivity contribution is 6.14. The first kappa shape index (κ1) is 20.5. The molecule has 2 N–H and O–H groups in total. The second-order valence-corrected chi connectivity index (χ2v) is 6.21. The van der Waals surface area contributed by atoms with Crippen molar-refractivity contribution >= 4 is 36.2 Å². The molecule has 0 spiro atoms. The Morgan fingerprint density at radius 3 is 2.17 bits per heavy atom. The lowest BCUT2D eigenvalue weighted by molar-refractivity contribution is -0.137. The molecule has 150 valence electrons. The van der Waals surface area contributed by atoms with Gasteiger partial charge in [-0.1, -0.05) is 78.9 Å². The van der Waals surface area contributed by atoms with Gasteiger partial charge in [-0.15, -0.1) is 5.10 Å². The summed E-state index contributed by atoms with van der Waals surface area (Å²) in [5, 5.41) is 19.6. The first-order valence-corrected chi connectivity index (χ1v) is 9.20. The minimum absolute atomic E-state index is 0.0612. The van der Waals surface area contributed by atoms with Crippen molar-refractivity contribution in [1.29, 1.82) is 0 Å². The second kappa shape index (κ2) is 10.3. The number of carboxylic acids is 1. The van der Waals surface area contributed by atoms with E-state index in [1.807, 2.05) is 72.8 Å². The Morgan fingerprint density at radius 1 is 0.967 bits per heavy atom. The standard InChI is InChI=1S/C23H20N4O3/c28-21(29)17-27-20(15-7-13-18-9-3-1-4-10-18)22(30)25-23(27)26-24-16-8-14-19-11-5-2-6-12-19/h1-16H,17H2,(H,28,29)(H,25,26,30). The maximum Gasteiger partial charge on any atom is 0.323 e. The number of carbonyl (C=O) groups is 2. The van der Waals surface area contributed by atoms with Crippen LogP contribution in [0.2, 0.25) is 0 Å². The predicted molar refractivity (Wildman–Crippen MR) is 117 cm³/mol. The largest absolute Gasteiger partial charge is 0.480 e. The Labute approximate surface area is 174 Å². The smallest absolute Gasteiger partial charge is 0.323 e. The SMILES string of the molecule is O=C(O)CN1C(=CC=Cc2ccccc2)C(=O)NC1=NN=CC=Cc1ccccc1. The lowest BCUT2D eigenvalue weighted by Crippen LogP contribution is -2.33. The molecule has 1 heterocycles. The lowest BCUT2D eigenvalue weighted by atomic mass is 10.2. The summed E-state index contributed by atoms with van der Waals surface area (Å²) in [4.78, 5) is 24.8. The molecule has 0 bridgehead atoms. The van der Waals surface area contributed by atoms with Crippen molar-refractivity contribution < 1.29 is 14.7 Å². The Hall–Kier alpha value is -4.26. The monoisotopic (exact) mass is 400 g/mol. The molecule has 0 aliphatic carbocycles. The summed E-state index contributed by atoms with van der Waals surface area (Å²) < 4.78 is 0. The summed E-state index contributed by atoms with van der Waals surface area (Å²) in [5.41, 5.74) is 2.15. The Kier molecular flexibility index (Phi) is 7.05. The van der Waals surface area contributed by atoms with E-state index in [0.29, 0.717) is 0 Å². The van der Waals surface area contributed by atoms with Crippen molar-refractivity contribution in [3.63, 3.8) is 0 Å². The summed E-state index contributed by atoms with van der Waals surface area (Å²) in [5.74, 6) is -1.47. The van der Waals surface area contributed by atoms with Crippen molar-refractivity contribution in [3.8, 4) is 0 Å². The maximum absolute atomic E-state index is 12.3. The first-order chi connectivity index (χ1) is 14.6. The lowest BCUT2D eigenvalue weighted by Gasteiger charge is -2.13. The number of guanidine groups is 1. The minimum atomic E-state index is -1.09. The number of carbonyl (C=O) groups excluding carboxylic acids is 1. The number of aliphatic carboxylic acids is 1. The zero-order chi connectivity index (χ0) is 21.2. The number of rotatable bonds is 7. The van der Waals surface area contributed by atoms with E-state index in [0.717, 1.165) is 11.1 Å². The van der Waals surface area contributed by atoms with Crippen molar-refractivity contribution in [2.45, 2.75) is 0 Å². The van der Waals surface area contributed by atoms with Crippen molar-refractivity contribution in [2.24, 2.45) is 10.2 Å². The van der Waals surface area contributed by atoms with E-state index < -0.39 is 18.4 Å². The normalized spacial score (nSPS) is 17.1. The van der Waals surface area contributed by atoms with E-state index in [2.05, 4.69) is 15.5 Å². The van der Waals surface area contributed by atoms with Crippen LogP contribution in [0, 0.1) is 0 Å². The predicted octanol–water partition coefficient (Wildman–Crippen LogP) is 3.16. The third kappa shape index (κ3) is 5.87.